The second kappa shape index (κ2) is 6.68. The van der Waals surface area contributed by atoms with Crippen molar-refractivity contribution in [2.75, 3.05) is 19.4 Å². The third-order valence-electron chi connectivity index (χ3n) is 2.91. The number of anilines is 1. The highest BCUT2D eigenvalue weighted by Gasteiger charge is 2.06. The molecule has 5 heteroatoms. The molecule has 0 aliphatic carbocycles. The van der Waals surface area contributed by atoms with Gasteiger partial charge < -0.3 is 5.32 Å². The molecule has 0 fully saturated rings. The summed E-state index contributed by atoms with van der Waals surface area (Å²) in [4.78, 5) is 11.1. The van der Waals surface area contributed by atoms with Gasteiger partial charge in [-0.25, -0.2) is 9.97 Å². The average molecular weight is 291 g/mol. The molecule has 0 saturated heterocycles. The van der Waals surface area contributed by atoms with Gasteiger partial charge in [0.2, 0.25) is 0 Å². The van der Waals surface area contributed by atoms with Gasteiger partial charge in [-0.15, -0.1) is 0 Å². The maximum atomic E-state index is 6.00. The Morgan fingerprint density at radius 2 is 2.00 bits per heavy atom. The molecule has 0 atom stereocenters. The fraction of sp³-hybridized carbons (Fsp3) is 0.333. The number of nitrogens with one attached hydrogen (secondary N) is 1. The van der Waals surface area contributed by atoms with Gasteiger partial charge in [0, 0.05) is 30.4 Å². The van der Waals surface area contributed by atoms with Crippen LogP contribution in [0.2, 0.25) is 5.02 Å². The predicted octanol–water partition coefficient (Wildman–Crippen LogP) is 3.11. The van der Waals surface area contributed by atoms with E-state index in [1.165, 1.54) is 5.56 Å². The first-order valence-corrected chi connectivity index (χ1v) is 6.90. The second-order valence-electron chi connectivity index (χ2n) is 4.86. The van der Waals surface area contributed by atoms with Crippen molar-refractivity contribution in [3.8, 4) is 0 Å². The van der Waals surface area contributed by atoms with Crippen LogP contribution in [0.5, 0.6) is 0 Å². The van der Waals surface area contributed by atoms with Gasteiger partial charge in [-0.3, -0.25) is 4.90 Å². The molecule has 106 valence electrons. The number of aromatic nitrogens is 2. The lowest BCUT2D eigenvalue weighted by molar-refractivity contribution is 0.310. The molecule has 1 aromatic heterocycles. The molecule has 0 bridgehead atoms. The molecule has 2 aromatic rings. The van der Waals surface area contributed by atoms with Crippen molar-refractivity contribution in [3.05, 3.63) is 52.4 Å². The fourth-order valence-corrected chi connectivity index (χ4v) is 2.29. The molecular weight excluding hydrogens is 272 g/mol. The van der Waals surface area contributed by atoms with Gasteiger partial charge in [0.25, 0.3) is 0 Å². The van der Waals surface area contributed by atoms with Crippen molar-refractivity contribution in [1.82, 2.24) is 14.9 Å². The largest absolute Gasteiger partial charge is 0.373 e. The first kappa shape index (κ1) is 14.8. The Bertz CT molecular complexity index is 586. The lowest BCUT2D eigenvalue weighted by atomic mass is 10.2. The van der Waals surface area contributed by atoms with Crippen molar-refractivity contribution in [2.45, 2.75) is 20.0 Å². The summed E-state index contributed by atoms with van der Waals surface area (Å²) in [5, 5.41) is 3.82. The normalized spacial score (nSPS) is 10.8. The Hall–Kier alpha value is -1.65. The second-order valence-corrected chi connectivity index (χ2v) is 5.30. The first-order chi connectivity index (χ1) is 9.56. The van der Waals surface area contributed by atoms with E-state index in [4.69, 9.17) is 11.6 Å². The van der Waals surface area contributed by atoms with Crippen LogP contribution in [0.25, 0.3) is 0 Å². The van der Waals surface area contributed by atoms with E-state index < -0.39 is 0 Å². The third-order valence-corrected chi connectivity index (χ3v) is 3.14. The lowest BCUT2D eigenvalue weighted by Gasteiger charge is -2.16. The monoisotopic (exact) mass is 290 g/mol. The quantitative estimate of drug-likeness (QED) is 0.919. The van der Waals surface area contributed by atoms with Crippen LogP contribution in [-0.2, 0) is 13.1 Å². The highest BCUT2D eigenvalue weighted by Crippen LogP contribution is 2.13. The number of halogens is 1. The van der Waals surface area contributed by atoms with Gasteiger partial charge in [-0.05, 0) is 31.7 Å². The van der Waals surface area contributed by atoms with E-state index in [0.717, 1.165) is 28.9 Å². The molecule has 0 aliphatic heterocycles. The molecule has 0 spiro atoms. The Balaban J connectivity index is 2.04. The van der Waals surface area contributed by atoms with E-state index in [1.54, 1.807) is 0 Å². The van der Waals surface area contributed by atoms with Crippen LogP contribution < -0.4 is 5.32 Å². The highest BCUT2D eigenvalue weighted by molar-refractivity contribution is 6.30. The van der Waals surface area contributed by atoms with Gasteiger partial charge in [0.15, 0.2) is 0 Å². The van der Waals surface area contributed by atoms with Crippen LogP contribution in [0.15, 0.2) is 30.3 Å². The Labute approximate surface area is 124 Å². The van der Waals surface area contributed by atoms with Crippen LogP contribution in [0.3, 0.4) is 0 Å². The van der Waals surface area contributed by atoms with Crippen molar-refractivity contribution >= 4 is 17.4 Å². The summed E-state index contributed by atoms with van der Waals surface area (Å²) >= 11 is 6.00. The number of benzene rings is 1. The summed E-state index contributed by atoms with van der Waals surface area (Å²) in [6.45, 7) is 3.48. The molecule has 0 radical (unpaired) electrons. The van der Waals surface area contributed by atoms with Crippen molar-refractivity contribution < 1.29 is 0 Å². The van der Waals surface area contributed by atoms with E-state index in [0.29, 0.717) is 6.54 Å². The molecule has 1 aromatic carbocycles. The van der Waals surface area contributed by atoms with E-state index in [9.17, 15) is 0 Å². The van der Waals surface area contributed by atoms with Crippen LogP contribution in [-0.4, -0.2) is 29.0 Å². The SMILES string of the molecule is CNc1cc(C)nc(CN(C)Cc2cccc(Cl)c2)n1. The zero-order valence-electron chi connectivity index (χ0n) is 12.0. The van der Waals surface area contributed by atoms with Gasteiger partial charge in [0.05, 0.1) is 6.54 Å². The summed E-state index contributed by atoms with van der Waals surface area (Å²) in [5.74, 6) is 1.67. The Morgan fingerprint density at radius 3 is 2.70 bits per heavy atom. The summed E-state index contributed by atoms with van der Waals surface area (Å²) in [5.41, 5.74) is 2.15. The zero-order chi connectivity index (χ0) is 14.5. The summed E-state index contributed by atoms with van der Waals surface area (Å²) in [6, 6.07) is 9.83. The number of aryl methyl sites for hydroxylation is 1. The molecule has 1 N–H and O–H groups in total. The fourth-order valence-electron chi connectivity index (χ4n) is 2.07. The molecule has 2 rings (SSSR count). The van der Waals surface area contributed by atoms with Crippen molar-refractivity contribution in [2.24, 2.45) is 0 Å². The minimum absolute atomic E-state index is 0.697. The van der Waals surface area contributed by atoms with Crippen LogP contribution >= 0.6 is 11.6 Å². The maximum absolute atomic E-state index is 6.00. The van der Waals surface area contributed by atoms with E-state index in [1.807, 2.05) is 45.3 Å². The van der Waals surface area contributed by atoms with Crippen LogP contribution in [0.4, 0.5) is 5.82 Å². The first-order valence-electron chi connectivity index (χ1n) is 6.52. The van der Waals surface area contributed by atoms with Gasteiger partial charge in [-0.2, -0.15) is 0 Å². The summed E-state index contributed by atoms with van der Waals surface area (Å²) < 4.78 is 0. The summed E-state index contributed by atoms with van der Waals surface area (Å²) in [6.07, 6.45) is 0. The van der Waals surface area contributed by atoms with Crippen LogP contribution in [0, 0.1) is 6.92 Å². The predicted molar refractivity (Wildman–Crippen MR) is 82.9 cm³/mol. The van der Waals surface area contributed by atoms with Crippen molar-refractivity contribution in [1.29, 1.82) is 0 Å². The molecule has 0 saturated carbocycles. The highest BCUT2D eigenvalue weighted by atomic mass is 35.5. The summed E-state index contributed by atoms with van der Waals surface area (Å²) in [7, 11) is 3.91. The maximum Gasteiger partial charge on any atom is 0.144 e. The van der Waals surface area contributed by atoms with Gasteiger partial charge in [0.1, 0.15) is 11.6 Å². The molecule has 0 unspecified atom stereocenters. The minimum Gasteiger partial charge on any atom is -0.373 e. The van der Waals surface area contributed by atoms with Gasteiger partial charge in [-0.1, -0.05) is 23.7 Å². The Morgan fingerprint density at radius 1 is 1.20 bits per heavy atom. The third kappa shape index (κ3) is 4.18. The molecule has 1 heterocycles. The number of rotatable bonds is 5. The molecule has 4 nitrogen and oxygen atoms in total. The molecule has 0 amide bonds. The molecule has 20 heavy (non-hydrogen) atoms. The van der Waals surface area contributed by atoms with E-state index >= 15 is 0 Å². The van der Waals surface area contributed by atoms with Crippen molar-refractivity contribution in [3.63, 3.8) is 0 Å². The van der Waals surface area contributed by atoms with Gasteiger partial charge >= 0.3 is 0 Å². The lowest BCUT2D eigenvalue weighted by Crippen LogP contribution is -2.19. The van der Waals surface area contributed by atoms with E-state index in [2.05, 4.69) is 26.3 Å². The van der Waals surface area contributed by atoms with E-state index in [-0.39, 0.29) is 0 Å². The number of hydrogen-bond acceptors (Lipinski definition) is 4. The minimum atomic E-state index is 0.697. The van der Waals surface area contributed by atoms with Crippen LogP contribution in [0.1, 0.15) is 17.1 Å². The smallest absolute Gasteiger partial charge is 0.144 e. The zero-order valence-corrected chi connectivity index (χ0v) is 12.8. The standard InChI is InChI=1S/C15H19ClN4/c1-11-7-14(17-2)19-15(18-11)10-20(3)9-12-5-4-6-13(16)8-12/h4-8H,9-10H2,1-3H3,(H,17,18,19). The molecular formula is C15H19ClN4. The average Bonchev–Trinajstić information content (AvgIpc) is 2.37. The topological polar surface area (TPSA) is 41.1 Å². The number of hydrogen-bond donors (Lipinski definition) is 1. The Kier molecular flexibility index (Phi) is 4.93. The molecule has 0 aliphatic rings. The number of nitrogens with zero attached hydrogens (tertiary/aromatic N) is 3.